The molecular weight excluding hydrogens is 248 g/mol. The van der Waals surface area contributed by atoms with Gasteiger partial charge in [-0.15, -0.1) is 0 Å². The molecule has 0 saturated heterocycles. The summed E-state index contributed by atoms with van der Waals surface area (Å²) >= 11 is 0. The second kappa shape index (κ2) is 7.82. The molecule has 1 unspecified atom stereocenters. The van der Waals surface area contributed by atoms with Gasteiger partial charge in [-0.25, -0.2) is 0 Å². The molecular formula is C17H32N2O. The molecule has 1 aromatic heterocycles. The van der Waals surface area contributed by atoms with Crippen molar-refractivity contribution in [3.63, 3.8) is 0 Å². The van der Waals surface area contributed by atoms with Crippen LogP contribution in [0.25, 0.3) is 0 Å². The maximum atomic E-state index is 10.4. The van der Waals surface area contributed by atoms with Crippen molar-refractivity contribution in [1.82, 2.24) is 9.78 Å². The molecule has 0 radical (unpaired) electrons. The first-order valence-corrected chi connectivity index (χ1v) is 8.08. The van der Waals surface area contributed by atoms with E-state index in [2.05, 4.69) is 32.8 Å². The van der Waals surface area contributed by atoms with Crippen molar-refractivity contribution in [1.29, 1.82) is 0 Å². The molecule has 0 bridgehead atoms. The van der Waals surface area contributed by atoms with Gasteiger partial charge in [0.1, 0.15) is 0 Å². The van der Waals surface area contributed by atoms with E-state index >= 15 is 0 Å². The van der Waals surface area contributed by atoms with E-state index in [0.717, 1.165) is 24.1 Å². The van der Waals surface area contributed by atoms with E-state index < -0.39 is 0 Å². The highest BCUT2D eigenvalue weighted by atomic mass is 16.3. The van der Waals surface area contributed by atoms with Crippen molar-refractivity contribution in [2.24, 2.45) is 7.05 Å². The van der Waals surface area contributed by atoms with Crippen molar-refractivity contribution in [2.45, 2.75) is 84.2 Å². The standard InChI is InChI=1S/C17H32N2O/c1-6-7-8-9-10-11-12-15(20)14-13-19(5)18-16(14)17(2,3)4/h13,15,20H,6-12H2,1-5H3. The van der Waals surface area contributed by atoms with Crippen molar-refractivity contribution in [2.75, 3.05) is 0 Å². The Hall–Kier alpha value is -0.830. The summed E-state index contributed by atoms with van der Waals surface area (Å²) in [6.45, 7) is 8.68. The lowest BCUT2D eigenvalue weighted by atomic mass is 9.87. The number of hydrogen-bond donors (Lipinski definition) is 1. The lowest BCUT2D eigenvalue weighted by Gasteiger charge is -2.20. The van der Waals surface area contributed by atoms with Crippen LogP contribution in [0.4, 0.5) is 0 Å². The first kappa shape index (κ1) is 17.2. The first-order chi connectivity index (χ1) is 9.36. The fourth-order valence-corrected chi connectivity index (χ4v) is 2.61. The minimum Gasteiger partial charge on any atom is -0.388 e. The summed E-state index contributed by atoms with van der Waals surface area (Å²) < 4.78 is 1.82. The predicted octanol–water partition coefficient (Wildman–Crippen LogP) is 4.50. The molecule has 0 aliphatic heterocycles. The molecule has 3 nitrogen and oxygen atoms in total. The van der Waals surface area contributed by atoms with Crippen LogP contribution < -0.4 is 0 Å². The molecule has 0 aliphatic carbocycles. The highest BCUT2D eigenvalue weighted by Gasteiger charge is 2.25. The molecule has 1 aromatic rings. The molecule has 1 atom stereocenters. The van der Waals surface area contributed by atoms with Crippen molar-refractivity contribution in [3.8, 4) is 0 Å². The van der Waals surface area contributed by atoms with Crippen molar-refractivity contribution >= 4 is 0 Å². The van der Waals surface area contributed by atoms with E-state index in [0.29, 0.717) is 0 Å². The number of aryl methyl sites for hydroxylation is 1. The van der Waals surface area contributed by atoms with E-state index in [9.17, 15) is 5.11 Å². The highest BCUT2D eigenvalue weighted by Crippen LogP contribution is 2.30. The zero-order chi connectivity index (χ0) is 15.2. The molecule has 3 heteroatoms. The normalized spacial score (nSPS) is 13.7. The molecule has 0 saturated carbocycles. The van der Waals surface area contributed by atoms with Crippen LogP contribution in [0.1, 0.15) is 90.0 Å². The summed E-state index contributed by atoms with van der Waals surface area (Å²) in [4.78, 5) is 0. The summed E-state index contributed by atoms with van der Waals surface area (Å²) in [5.41, 5.74) is 2.02. The number of aromatic nitrogens is 2. The van der Waals surface area contributed by atoms with E-state index in [1.807, 2.05) is 17.9 Å². The topological polar surface area (TPSA) is 38.0 Å². The fraction of sp³-hybridized carbons (Fsp3) is 0.824. The van der Waals surface area contributed by atoms with E-state index in [1.54, 1.807) is 0 Å². The minimum atomic E-state index is -0.371. The number of unbranched alkanes of at least 4 members (excludes halogenated alkanes) is 5. The van der Waals surface area contributed by atoms with Gasteiger partial charge in [-0.05, 0) is 6.42 Å². The molecule has 1 N–H and O–H groups in total. The third-order valence-electron chi connectivity index (χ3n) is 3.76. The molecule has 0 amide bonds. The van der Waals surface area contributed by atoms with Gasteiger partial charge in [0, 0.05) is 24.2 Å². The number of hydrogen-bond acceptors (Lipinski definition) is 2. The third kappa shape index (κ3) is 5.28. The SMILES string of the molecule is CCCCCCCCC(O)c1cn(C)nc1C(C)(C)C. The van der Waals surface area contributed by atoms with E-state index in [1.165, 1.54) is 32.1 Å². The van der Waals surface area contributed by atoms with Gasteiger partial charge < -0.3 is 5.11 Å². The molecule has 116 valence electrons. The summed E-state index contributed by atoms with van der Waals surface area (Å²) in [5.74, 6) is 0. The number of aliphatic hydroxyl groups is 1. The average molecular weight is 280 g/mol. The molecule has 1 rings (SSSR count). The van der Waals surface area contributed by atoms with Crippen LogP contribution >= 0.6 is 0 Å². The van der Waals surface area contributed by atoms with Crippen LogP contribution in [0.5, 0.6) is 0 Å². The van der Waals surface area contributed by atoms with Gasteiger partial charge in [-0.3, -0.25) is 4.68 Å². The van der Waals surface area contributed by atoms with Crippen LogP contribution in [0.3, 0.4) is 0 Å². The van der Waals surface area contributed by atoms with E-state index in [-0.39, 0.29) is 11.5 Å². The Bertz CT molecular complexity index is 390. The van der Waals surface area contributed by atoms with Crippen molar-refractivity contribution in [3.05, 3.63) is 17.5 Å². The van der Waals surface area contributed by atoms with Gasteiger partial charge in [-0.1, -0.05) is 66.2 Å². The lowest BCUT2D eigenvalue weighted by molar-refractivity contribution is 0.161. The smallest absolute Gasteiger partial charge is 0.0823 e. The monoisotopic (exact) mass is 280 g/mol. The largest absolute Gasteiger partial charge is 0.388 e. The molecule has 0 aromatic carbocycles. The van der Waals surface area contributed by atoms with Crippen LogP contribution in [-0.4, -0.2) is 14.9 Å². The molecule has 20 heavy (non-hydrogen) atoms. The van der Waals surface area contributed by atoms with Gasteiger partial charge in [-0.2, -0.15) is 5.10 Å². The molecule has 0 spiro atoms. The Labute approximate surface area is 124 Å². The molecule has 0 aliphatic rings. The number of nitrogens with zero attached hydrogens (tertiary/aromatic N) is 2. The predicted molar refractivity (Wildman–Crippen MR) is 84.9 cm³/mol. The van der Waals surface area contributed by atoms with E-state index in [4.69, 9.17) is 0 Å². The first-order valence-electron chi connectivity index (χ1n) is 8.08. The Balaban J connectivity index is 2.49. The maximum Gasteiger partial charge on any atom is 0.0823 e. The Morgan fingerprint density at radius 1 is 1.15 bits per heavy atom. The Kier molecular flexibility index (Phi) is 6.74. The maximum absolute atomic E-state index is 10.4. The molecule has 0 fully saturated rings. The zero-order valence-corrected chi connectivity index (χ0v) is 13.9. The lowest BCUT2D eigenvalue weighted by Crippen LogP contribution is -2.16. The second-order valence-corrected chi connectivity index (χ2v) is 6.93. The summed E-state index contributed by atoms with van der Waals surface area (Å²) in [6.07, 6.45) is 10.0. The molecule has 1 heterocycles. The summed E-state index contributed by atoms with van der Waals surface area (Å²) in [6, 6.07) is 0. The van der Waals surface area contributed by atoms with Crippen LogP contribution in [-0.2, 0) is 12.5 Å². The van der Waals surface area contributed by atoms with Crippen molar-refractivity contribution < 1.29 is 5.11 Å². The Morgan fingerprint density at radius 3 is 2.35 bits per heavy atom. The fourth-order valence-electron chi connectivity index (χ4n) is 2.61. The Morgan fingerprint density at radius 2 is 1.75 bits per heavy atom. The number of aliphatic hydroxyl groups excluding tert-OH is 1. The second-order valence-electron chi connectivity index (χ2n) is 6.93. The average Bonchev–Trinajstić information content (AvgIpc) is 2.75. The zero-order valence-electron chi connectivity index (χ0n) is 13.9. The third-order valence-corrected chi connectivity index (χ3v) is 3.76. The van der Waals surface area contributed by atoms with Gasteiger partial charge in [0.25, 0.3) is 0 Å². The number of rotatable bonds is 8. The van der Waals surface area contributed by atoms with Gasteiger partial charge in [0.15, 0.2) is 0 Å². The van der Waals surface area contributed by atoms with Crippen LogP contribution in [0.2, 0.25) is 0 Å². The van der Waals surface area contributed by atoms with Crippen LogP contribution in [0, 0.1) is 0 Å². The van der Waals surface area contributed by atoms with Gasteiger partial charge in [0.2, 0.25) is 0 Å². The van der Waals surface area contributed by atoms with Gasteiger partial charge >= 0.3 is 0 Å². The minimum absolute atomic E-state index is 0.0152. The summed E-state index contributed by atoms with van der Waals surface area (Å²) in [5, 5.41) is 15.0. The van der Waals surface area contributed by atoms with Crippen LogP contribution in [0.15, 0.2) is 6.20 Å². The quantitative estimate of drug-likeness (QED) is 0.712. The van der Waals surface area contributed by atoms with Gasteiger partial charge in [0.05, 0.1) is 11.8 Å². The summed E-state index contributed by atoms with van der Waals surface area (Å²) in [7, 11) is 1.93. The highest BCUT2D eigenvalue weighted by molar-refractivity contribution is 5.26.